The molecule has 6 atom stereocenters. The first kappa shape index (κ1) is 27.3. The summed E-state index contributed by atoms with van der Waals surface area (Å²) in [6, 6.07) is 0. The Hall–Kier alpha value is -2.74. The monoisotopic (exact) mass is 481 g/mol. The standard InChI is InChI=1S/C15H22N3O13P/c1-6(19)26-10(5-17-18-16)11-12(27-7(2)20)13(28-8(3)21)14(29-9(4)22)15(30-11)31-32(23,24)25/h10-15H,5H2,1-4H3,(H2,23,24,25)/p-2/t10-,11?,12+,13?,14?,15-/m0/s1. The Kier molecular flexibility index (Phi) is 10.0. The number of ether oxygens (including phenoxy) is 5. The van der Waals surface area contributed by atoms with Crippen LogP contribution < -0.4 is 9.79 Å². The molecule has 0 aliphatic carbocycles. The van der Waals surface area contributed by atoms with Gasteiger partial charge in [0.1, 0.15) is 12.2 Å². The maximum absolute atomic E-state index is 11.7. The first-order valence-electron chi connectivity index (χ1n) is 8.80. The van der Waals surface area contributed by atoms with E-state index in [4.69, 9.17) is 29.2 Å². The molecule has 1 rings (SSSR count). The molecule has 0 saturated carbocycles. The minimum atomic E-state index is -5.78. The van der Waals surface area contributed by atoms with E-state index in [1.54, 1.807) is 0 Å². The molecule has 17 heteroatoms. The van der Waals surface area contributed by atoms with Crippen molar-refractivity contribution in [1.82, 2.24) is 0 Å². The molecule has 0 aromatic rings. The molecule has 0 amide bonds. The number of azide groups is 1. The number of phosphoric acid groups is 1. The Morgan fingerprint density at radius 3 is 1.91 bits per heavy atom. The largest absolute Gasteiger partial charge is 0.790 e. The van der Waals surface area contributed by atoms with Crippen LogP contribution >= 0.6 is 7.82 Å². The van der Waals surface area contributed by atoms with Gasteiger partial charge < -0.3 is 42.6 Å². The van der Waals surface area contributed by atoms with Gasteiger partial charge in [-0.1, -0.05) is 5.11 Å². The fraction of sp³-hybridized carbons (Fsp3) is 0.733. The van der Waals surface area contributed by atoms with Gasteiger partial charge in [0.25, 0.3) is 0 Å². The lowest BCUT2D eigenvalue weighted by molar-refractivity contribution is -0.371. The van der Waals surface area contributed by atoms with Crippen molar-refractivity contribution in [2.45, 2.75) is 64.5 Å². The lowest BCUT2D eigenvalue weighted by atomic mass is 9.94. The number of phosphoric ester groups is 1. The number of hydrogen-bond acceptors (Lipinski definition) is 14. The highest BCUT2D eigenvalue weighted by Crippen LogP contribution is 2.38. The van der Waals surface area contributed by atoms with Gasteiger partial charge in [-0.3, -0.25) is 19.2 Å². The van der Waals surface area contributed by atoms with E-state index in [1.807, 2.05) is 0 Å². The minimum absolute atomic E-state index is 0.608. The molecule has 1 heterocycles. The molecule has 0 aromatic heterocycles. The number of carbonyl (C=O) groups is 4. The van der Waals surface area contributed by atoms with E-state index in [9.17, 15) is 33.5 Å². The van der Waals surface area contributed by atoms with Gasteiger partial charge in [0.05, 0.1) is 14.4 Å². The summed E-state index contributed by atoms with van der Waals surface area (Å²) in [6.07, 6.45) is -10.8. The second kappa shape index (κ2) is 11.8. The van der Waals surface area contributed by atoms with Crippen LogP contribution in [0.2, 0.25) is 0 Å². The van der Waals surface area contributed by atoms with Crippen molar-refractivity contribution in [3.8, 4) is 0 Å². The second-order valence-corrected chi connectivity index (χ2v) is 7.41. The highest BCUT2D eigenvalue weighted by molar-refractivity contribution is 7.43. The Balaban J connectivity index is 3.60. The maximum Gasteiger partial charge on any atom is 0.303 e. The van der Waals surface area contributed by atoms with Gasteiger partial charge in [0, 0.05) is 32.6 Å². The van der Waals surface area contributed by atoms with Crippen molar-refractivity contribution in [3.05, 3.63) is 10.4 Å². The van der Waals surface area contributed by atoms with E-state index < -0.39 is 75.1 Å². The van der Waals surface area contributed by atoms with Gasteiger partial charge in [-0.2, -0.15) is 0 Å². The first-order chi connectivity index (χ1) is 14.7. The molecule has 0 spiro atoms. The third-order valence-electron chi connectivity index (χ3n) is 3.68. The summed E-state index contributed by atoms with van der Waals surface area (Å²) in [7, 11) is -5.78. The summed E-state index contributed by atoms with van der Waals surface area (Å²) in [5.74, 6) is -3.88. The molecule has 0 aromatic carbocycles. The predicted molar refractivity (Wildman–Crippen MR) is 93.6 cm³/mol. The van der Waals surface area contributed by atoms with Crippen molar-refractivity contribution >= 4 is 31.7 Å². The number of rotatable bonds is 9. The molecule has 1 saturated heterocycles. The average molecular weight is 481 g/mol. The van der Waals surface area contributed by atoms with E-state index in [2.05, 4.69) is 14.5 Å². The Morgan fingerprint density at radius 2 is 1.47 bits per heavy atom. The summed E-state index contributed by atoms with van der Waals surface area (Å²) in [5.41, 5.74) is 8.60. The summed E-state index contributed by atoms with van der Waals surface area (Å²) in [6.45, 7) is 3.18. The van der Waals surface area contributed by atoms with Crippen LogP contribution in [0.5, 0.6) is 0 Å². The van der Waals surface area contributed by atoms with Crippen LogP contribution in [-0.2, 0) is 52.0 Å². The van der Waals surface area contributed by atoms with Crippen LogP contribution in [-0.4, -0.2) is 67.2 Å². The van der Waals surface area contributed by atoms with E-state index in [1.165, 1.54) is 0 Å². The molecular weight excluding hydrogens is 461 g/mol. The van der Waals surface area contributed by atoms with E-state index >= 15 is 0 Å². The zero-order chi connectivity index (χ0) is 24.6. The highest BCUT2D eigenvalue weighted by atomic mass is 31.2. The van der Waals surface area contributed by atoms with Gasteiger partial charge in [-0.15, -0.1) is 0 Å². The summed E-state index contributed by atoms with van der Waals surface area (Å²) < 4.78 is 41.0. The van der Waals surface area contributed by atoms with Crippen LogP contribution in [0, 0.1) is 0 Å². The zero-order valence-electron chi connectivity index (χ0n) is 17.3. The Labute approximate surface area is 180 Å². The average Bonchev–Trinajstić information content (AvgIpc) is 2.60. The minimum Gasteiger partial charge on any atom is -0.790 e. The van der Waals surface area contributed by atoms with Crippen LogP contribution in [0.4, 0.5) is 0 Å². The number of carbonyl (C=O) groups excluding carboxylic acids is 4. The van der Waals surface area contributed by atoms with E-state index in [0.717, 1.165) is 27.7 Å². The molecule has 16 nitrogen and oxygen atoms in total. The molecule has 1 fully saturated rings. The van der Waals surface area contributed by atoms with Gasteiger partial charge in [-0.25, -0.2) is 0 Å². The predicted octanol–water partition coefficient (Wildman–Crippen LogP) is -1.41. The lowest BCUT2D eigenvalue weighted by Crippen LogP contribution is -2.65. The summed E-state index contributed by atoms with van der Waals surface area (Å²) in [5, 5.41) is 3.24. The SMILES string of the molecule is CC(=O)OC1C(OC(C)=O)[C@H](OC(C)=O)C([C@H](CN=[N+]=[N-])OC(C)=O)O[C@H]1OP(=O)([O-])[O-]. The molecule has 3 unspecified atom stereocenters. The van der Waals surface area contributed by atoms with Gasteiger partial charge in [0.2, 0.25) is 6.29 Å². The number of hydrogen-bond donors (Lipinski definition) is 0. The summed E-state index contributed by atoms with van der Waals surface area (Å²) >= 11 is 0. The molecule has 1 aliphatic rings. The van der Waals surface area contributed by atoms with Crippen LogP contribution in [0.3, 0.4) is 0 Å². The van der Waals surface area contributed by atoms with Crippen molar-refractivity contribution < 1.29 is 61.7 Å². The molecule has 0 radical (unpaired) electrons. The maximum atomic E-state index is 11.7. The molecule has 0 N–H and O–H groups in total. The zero-order valence-corrected chi connectivity index (χ0v) is 18.2. The fourth-order valence-electron chi connectivity index (χ4n) is 2.85. The topological polar surface area (TPSA) is 236 Å². The van der Waals surface area contributed by atoms with Crippen molar-refractivity contribution in [2.75, 3.05) is 6.54 Å². The smallest absolute Gasteiger partial charge is 0.303 e. The Bertz CT molecular complexity index is 819. The van der Waals surface area contributed by atoms with E-state index in [-0.39, 0.29) is 0 Å². The fourth-order valence-corrected chi connectivity index (χ4v) is 3.28. The van der Waals surface area contributed by atoms with Crippen LogP contribution in [0.1, 0.15) is 27.7 Å². The molecule has 1 aliphatic heterocycles. The molecular formula is C15H20N3O13P-2. The highest BCUT2D eigenvalue weighted by Gasteiger charge is 2.55. The summed E-state index contributed by atoms with van der Waals surface area (Å²) in [4.78, 5) is 71.4. The number of esters is 4. The van der Waals surface area contributed by atoms with Gasteiger partial charge in [0.15, 0.2) is 18.3 Å². The Morgan fingerprint density at radius 1 is 0.969 bits per heavy atom. The molecule has 180 valence electrons. The first-order valence-corrected chi connectivity index (χ1v) is 10.3. The van der Waals surface area contributed by atoms with Crippen molar-refractivity contribution in [2.24, 2.45) is 5.11 Å². The van der Waals surface area contributed by atoms with Crippen LogP contribution in [0.25, 0.3) is 10.4 Å². The number of nitrogens with zero attached hydrogens (tertiary/aromatic N) is 3. The van der Waals surface area contributed by atoms with Crippen LogP contribution in [0.15, 0.2) is 5.11 Å². The van der Waals surface area contributed by atoms with Gasteiger partial charge in [-0.05, 0) is 5.53 Å². The normalized spacial score (nSPS) is 26.1. The van der Waals surface area contributed by atoms with Crippen molar-refractivity contribution in [3.63, 3.8) is 0 Å². The third kappa shape index (κ3) is 8.78. The van der Waals surface area contributed by atoms with E-state index in [0.29, 0.717) is 0 Å². The van der Waals surface area contributed by atoms with Crippen molar-refractivity contribution in [1.29, 1.82) is 0 Å². The second-order valence-electron chi connectivity index (χ2n) is 6.31. The molecule has 0 bridgehead atoms. The molecule has 32 heavy (non-hydrogen) atoms. The quantitative estimate of drug-likeness (QED) is 0.0920. The third-order valence-corrected chi connectivity index (χ3v) is 4.14. The lowest BCUT2D eigenvalue weighted by Gasteiger charge is -2.47. The van der Waals surface area contributed by atoms with Gasteiger partial charge >= 0.3 is 23.9 Å².